The number of halogens is 4. The zero-order chi connectivity index (χ0) is 12.0. The quantitative estimate of drug-likeness (QED) is 0.529. The summed E-state index contributed by atoms with van der Waals surface area (Å²) in [5.74, 6) is 1.14. The van der Waals surface area contributed by atoms with Gasteiger partial charge in [-0.2, -0.15) is 13.2 Å². The first-order valence-electron chi connectivity index (χ1n) is 5.73. The first-order valence-corrected chi connectivity index (χ1v) is 6.85. The molecule has 1 atom stereocenters. The Morgan fingerprint density at radius 1 is 1.25 bits per heavy atom. The number of alkyl halides is 4. The summed E-state index contributed by atoms with van der Waals surface area (Å²) in [7, 11) is 0. The van der Waals surface area contributed by atoms with Crippen molar-refractivity contribution in [2.24, 2.45) is 11.8 Å². The molecule has 0 bridgehead atoms. The molecule has 16 heavy (non-hydrogen) atoms. The van der Waals surface area contributed by atoms with Gasteiger partial charge in [-0.05, 0) is 18.3 Å². The van der Waals surface area contributed by atoms with Crippen LogP contribution in [0.2, 0.25) is 0 Å². The van der Waals surface area contributed by atoms with Crippen LogP contribution in [0.1, 0.15) is 32.1 Å². The second-order valence-electron chi connectivity index (χ2n) is 4.42. The van der Waals surface area contributed by atoms with Crippen molar-refractivity contribution in [2.75, 3.05) is 18.5 Å². The Kier molecular flexibility index (Phi) is 6.11. The molecule has 1 nitrogen and oxygen atoms in total. The summed E-state index contributed by atoms with van der Waals surface area (Å²) in [5, 5.41) is 0.868. The summed E-state index contributed by atoms with van der Waals surface area (Å²) in [5.41, 5.74) is 0. The van der Waals surface area contributed by atoms with Crippen molar-refractivity contribution in [3.05, 3.63) is 0 Å². The Morgan fingerprint density at radius 3 is 2.38 bits per heavy atom. The van der Waals surface area contributed by atoms with Gasteiger partial charge in [0, 0.05) is 11.9 Å². The van der Waals surface area contributed by atoms with Gasteiger partial charge < -0.3 is 4.74 Å². The molecule has 0 spiro atoms. The van der Waals surface area contributed by atoms with Crippen LogP contribution >= 0.6 is 15.9 Å². The van der Waals surface area contributed by atoms with Crippen molar-refractivity contribution in [3.8, 4) is 0 Å². The van der Waals surface area contributed by atoms with Crippen LogP contribution in [-0.4, -0.2) is 24.7 Å². The molecule has 1 aliphatic rings. The van der Waals surface area contributed by atoms with Crippen LogP contribution in [0.25, 0.3) is 0 Å². The van der Waals surface area contributed by atoms with Crippen molar-refractivity contribution in [3.63, 3.8) is 0 Å². The number of hydrogen-bond donors (Lipinski definition) is 0. The highest BCUT2D eigenvalue weighted by atomic mass is 79.9. The van der Waals surface area contributed by atoms with E-state index in [0.717, 1.165) is 11.8 Å². The molecule has 0 aromatic heterocycles. The first-order chi connectivity index (χ1) is 7.53. The molecule has 1 unspecified atom stereocenters. The minimum atomic E-state index is -4.20. The van der Waals surface area contributed by atoms with Gasteiger partial charge in [0.15, 0.2) is 0 Å². The number of rotatable bonds is 6. The monoisotopic (exact) mass is 302 g/mol. The first kappa shape index (κ1) is 14.3. The van der Waals surface area contributed by atoms with Crippen LogP contribution in [-0.2, 0) is 4.74 Å². The average molecular weight is 303 g/mol. The molecular formula is C11H18BrF3O. The predicted molar refractivity (Wildman–Crippen MR) is 60.7 cm³/mol. The van der Waals surface area contributed by atoms with Gasteiger partial charge in [-0.3, -0.25) is 0 Å². The normalized spacial score (nSPS) is 20.2. The van der Waals surface area contributed by atoms with Gasteiger partial charge in [-0.1, -0.05) is 41.6 Å². The third kappa shape index (κ3) is 5.53. The van der Waals surface area contributed by atoms with Crippen molar-refractivity contribution in [1.82, 2.24) is 0 Å². The zero-order valence-corrected chi connectivity index (χ0v) is 10.8. The van der Waals surface area contributed by atoms with E-state index in [-0.39, 0.29) is 6.61 Å². The van der Waals surface area contributed by atoms with E-state index in [0.29, 0.717) is 11.8 Å². The third-order valence-electron chi connectivity index (χ3n) is 3.16. The molecule has 0 aliphatic heterocycles. The number of hydrogen-bond acceptors (Lipinski definition) is 1. The lowest BCUT2D eigenvalue weighted by Crippen LogP contribution is -2.20. The van der Waals surface area contributed by atoms with Crippen molar-refractivity contribution < 1.29 is 17.9 Å². The lowest BCUT2D eigenvalue weighted by atomic mass is 9.90. The van der Waals surface area contributed by atoms with Crippen molar-refractivity contribution in [2.45, 2.75) is 38.3 Å². The standard InChI is InChI=1S/C11H18BrF3O/c12-7-10(9-3-1-2-4-9)5-6-16-8-11(13,14)15/h9-10H,1-8H2. The topological polar surface area (TPSA) is 9.23 Å². The maximum Gasteiger partial charge on any atom is 0.411 e. The van der Waals surface area contributed by atoms with Crippen LogP contribution in [0.4, 0.5) is 13.2 Å². The fourth-order valence-electron chi connectivity index (χ4n) is 2.29. The fraction of sp³-hybridized carbons (Fsp3) is 1.00. The molecule has 0 radical (unpaired) electrons. The molecule has 0 saturated heterocycles. The molecule has 0 aromatic carbocycles. The minimum absolute atomic E-state index is 0.215. The van der Waals surface area contributed by atoms with E-state index in [1.54, 1.807) is 0 Å². The highest BCUT2D eigenvalue weighted by Gasteiger charge is 2.28. The highest BCUT2D eigenvalue weighted by molar-refractivity contribution is 9.09. The van der Waals surface area contributed by atoms with Crippen LogP contribution in [0.15, 0.2) is 0 Å². The van der Waals surface area contributed by atoms with Crippen LogP contribution in [0.3, 0.4) is 0 Å². The lowest BCUT2D eigenvalue weighted by Gasteiger charge is -2.21. The summed E-state index contributed by atoms with van der Waals surface area (Å²) in [4.78, 5) is 0. The van der Waals surface area contributed by atoms with Gasteiger partial charge in [0.1, 0.15) is 6.61 Å². The lowest BCUT2D eigenvalue weighted by molar-refractivity contribution is -0.174. The van der Waals surface area contributed by atoms with Crippen molar-refractivity contribution in [1.29, 1.82) is 0 Å². The van der Waals surface area contributed by atoms with Crippen molar-refractivity contribution >= 4 is 15.9 Å². The van der Waals surface area contributed by atoms with E-state index >= 15 is 0 Å². The molecule has 96 valence electrons. The maximum absolute atomic E-state index is 11.8. The van der Waals surface area contributed by atoms with Gasteiger partial charge in [0.05, 0.1) is 0 Å². The third-order valence-corrected chi connectivity index (χ3v) is 4.00. The Bertz CT molecular complexity index is 190. The summed E-state index contributed by atoms with van der Waals surface area (Å²) in [6.07, 6.45) is 1.49. The summed E-state index contributed by atoms with van der Waals surface area (Å²) < 4.78 is 40.1. The largest absolute Gasteiger partial charge is 0.411 e. The van der Waals surface area contributed by atoms with E-state index in [1.165, 1.54) is 25.7 Å². The van der Waals surface area contributed by atoms with E-state index in [9.17, 15) is 13.2 Å². The molecule has 1 saturated carbocycles. The van der Waals surface area contributed by atoms with E-state index < -0.39 is 12.8 Å². The van der Waals surface area contributed by atoms with Crippen LogP contribution in [0.5, 0.6) is 0 Å². The summed E-state index contributed by atoms with van der Waals surface area (Å²) >= 11 is 3.44. The molecule has 5 heteroatoms. The smallest absolute Gasteiger partial charge is 0.372 e. The molecule has 0 N–H and O–H groups in total. The number of ether oxygens (including phenoxy) is 1. The minimum Gasteiger partial charge on any atom is -0.372 e. The SMILES string of the molecule is FC(F)(F)COCCC(CBr)C1CCCC1. The molecule has 0 aromatic rings. The Labute approximate surface area is 103 Å². The van der Waals surface area contributed by atoms with Crippen LogP contribution < -0.4 is 0 Å². The Hall–Kier alpha value is 0.230. The molecule has 0 amide bonds. The van der Waals surface area contributed by atoms with Gasteiger partial charge >= 0.3 is 6.18 Å². The van der Waals surface area contributed by atoms with Gasteiger partial charge in [0.2, 0.25) is 0 Å². The zero-order valence-electron chi connectivity index (χ0n) is 9.23. The Balaban J connectivity index is 2.14. The highest BCUT2D eigenvalue weighted by Crippen LogP contribution is 2.34. The molecule has 1 fully saturated rings. The van der Waals surface area contributed by atoms with Gasteiger partial charge in [-0.15, -0.1) is 0 Å². The second-order valence-corrected chi connectivity index (χ2v) is 5.06. The molecule has 1 aliphatic carbocycles. The molecule has 1 rings (SSSR count). The Morgan fingerprint density at radius 2 is 1.88 bits per heavy atom. The van der Waals surface area contributed by atoms with E-state index in [1.807, 2.05) is 0 Å². The second kappa shape index (κ2) is 6.84. The molecular weight excluding hydrogens is 285 g/mol. The molecule has 0 heterocycles. The summed E-state index contributed by atoms with van der Waals surface area (Å²) in [6, 6.07) is 0. The van der Waals surface area contributed by atoms with Crippen LogP contribution in [0, 0.1) is 11.8 Å². The maximum atomic E-state index is 11.8. The average Bonchev–Trinajstić information content (AvgIpc) is 2.69. The van der Waals surface area contributed by atoms with E-state index in [4.69, 9.17) is 0 Å². The van der Waals surface area contributed by atoms with E-state index in [2.05, 4.69) is 20.7 Å². The fourth-order valence-corrected chi connectivity index (χ4v) is 3.14. The summed E-state index contributed by atoms with van der Waals surface area (Å²) in [6.45, 7) is -0.904. The predicted octanol–water partition coefficient (Wildman–Crippen LogP) is 4.16. The van der Waals surface area contributed by atoms with Gasteiger partial charge in [0.25, 0.3) is 0 Å². The van der Waals surface area contributed by atoms with Gasteiger partial charge in [-0.25, -0.2) is 0 Å².